The first-order valence-corrected chi connectivity index (χ1v) is 17.8. The Morgan fingerprint density at radius 3 is 1.62 bits per heavy atom. The number of furan rings is 1. The van der Waals surface area contributed by atoms with Crippen LogP contribution in [-0.2, 0) is 0 Å². The molecule has 0 atom stereocenters. The minimum Gasteiger partial charge on any atom is -0.456 e. The number of aromatic nitrogens is 1. The Morgan fingerprint density at radius 2 is 0.904 bits per heavy atom. The van der Waals surface area contributed by atoms with E-state index in [1.165, 1.54) is 65.3 Å². The SMILES string of the molecule is C=Cc1ccc2c(c1)c1cc(-c3cccc(-c4ccc5c6ccccc6c6ccccc6c5c4)c3)ccc1n2-c1ccc2oc3ccccc3c2c1. The summed E-state index contributed by atoms with van der Waals surface area (Å²) in [6.07, 6.45) is 1.93. The molecule has 0 aliphatic rings. The van der Waals surface area contributed by atoms with Crippen LogP contribution in [0.5, 0.6) is 0 Å². The van der Waals surface area contributed by atoms with Gasteiger partial charge in [-0.2, -0.15) is 0 Å². The van der Waals surface area contributed by atoms with Crippen molar-refractivity contribution < 1.29 is 4.42 Å². The van der Waals surface area contributed by atoms with Gasteiger partial charge in [0.15, 0.2) is 0 Å². The molecule has 2 heterocycles. The van der Waals surface area contributed by atoms with Gasteiger partial charge in [0.1, 0.15) is 11.2 Å². The lowest BCUT2D eigenvalue weighted by atomic mass is 9.91. The average Bonchev–Trinajstić information content (AvgIpc) is 3.75. The molecule has 0 aliphatic heterocycles. The van der Waals surface area contributed by atoms with Gasteiger partial charge < -0.3 is 8.98 Å². The Balaban J connectivity index is 1.07. The van der Waals surface area contributed by atoms with Gasteiger partial charge in [0.2, 0.25) is 0 Å². The fraction of sp³-hybridized carbons (Fsp3) is 0. The predicted molar refractivity (Wildman–Crippen MR) is 222 cm³/mol. The molecule has 0 unspecified atom stereocenters. The maximum absolute atomic E-state index is 6.17. The summed E-state index contributed by atoms with van der Waals surface area (Å²) in [7, 11) is 0. The van der Waals surface area contributed by atoms with Crippen LogP contribution < -0.4 is 0 Å². The first-order valence-electron chi connectivity index (χ1n) is 17.8. The zero-order valence-electron chi connectivity index (χ0n) is 28.3. The zero-order chi connectivity index (χ0) is 34.3. The lowest BCUT2D eigenvalue weighted by molar-refractivity contribution is 0.669. The first-order chi connectivity index (χ1) is 25.7. The fourth-order valence-electron chi connectivity index (χ4n) is 8.44. The van der Waals surface area contributed by atoms with Crippen LogP contribution >= 0.6 is 0 Å². The van der Waals surface area contributed by atoms with Crippen LogP contribution in [0.2, 0.25) is 0 Å². The summed E-state index contributed by atoms with van der Waals surface area (Å²) in [5.41, 5.74) is 11.1. The van der Waals surface area contributed by atoms with Crippen LogP contribution in [0.4, 0.5) is 0 Å². The molecule has 0 bridgehead atoms. The molecule has 0 spiro atoms. The summed E-state index contributed by atoms with van der Waals surface area (Å²) >= 11 is 0. The topological polar surface area (TPSA) is 18.1 Å². The largest absolute Gasteiger partial charge is 0.456 e. The maximum atomic E-state index is 6.17. The summed E-state index contributed by atoms with van der Waals surface area (Å²) in [5, 5.41) is 12.4. The predicted octanol–water partition coefficient (Wildman–Crippen LogP) is 14.1. The van der Waals surface area contributed by atoms with E-state index in [0.29, 0.717) is 0 Å². The first kappa shape index (κ1) is 28.9. The standard InChI is InChI=1S/C50H31NO/c1-2-31-18-23-47-44(26-31)45-29-35(20-24-48(45)51(47)36-21-25-50-46(30-36)42-16-7-8-17-49(42)52-50)33-11-9-10-32(27-33)34-19-22-41-39-14-4-3-12-37(39)38-13-5-6-15-40(38)43(41)28-34/h2-30H,1H2. The van der Waals surface area contributed by atoms with Crippen molar-refractivity contribution >= 4 is 82.1 Å². The van der Waals surface area contributed by atoms with E-state index in [0.717, 1.165) is 44.2 Å². The summed E-state index contributed by atoms with van der Waals surface area (Å²) in [6.45, 7) is 4.08. The van der Waals surface area contributed by atoms with E-state index >= 15 is 0 Å². The van der Waals surface area contributed by atoms with Gasteiger partial charge in [-0.25, -0.2) is 0 Å². The number of benzene rings is 9. The second kappa shape index (κ2) is 11.1. The Hall–Kier alpha value is -6.90. The van der Waals surface area contributed by atoms with Crippen LogP contribution in [0.1, 0.15) is 5.56 Å². The average molecular weight is 662 g/mol. The van der Waals surface area contributed by atoms with Crippen molar-refractivity contribution in [3.8, 4) is 27.9 Å². The minimum atomic E-state index is 0.898. The van der Waals surface area contributed by atoms with Crippen molar-refractivity contribution in [2.45, 2.75) is 0 Å². The van der Waals surface area contributed by atoms with Crippen molar-refractivity contribution in [2.24, 2.45) is 0 Å². The quantitative estimate of drug-likeness (QED) is 0.172. The fourth-order valence-corrected chi connectivity index (χ4v) is 8.44. The number of hydrogen-bond acceptors (Lipinski definition) is 1. The van der Waals surface area contributed by atoms with Gasteiger partial charge in [0.25, 0.3) is 0 Å². The van der Waals surface area contributed by atoms with Gasteiger partial charge in [-0.05, 0) is 121 Å². The molecule has 52 heavy (non-hydrogen) atoms. The smallest absolute Gasteiger partial charge is 0.135 e. The number of rotatable bonds is 4. The van der Waals surface area contributed by atoms with Gasteiger partial charge in [-0.15, -0.1) is 0 Å². The summed E-state index contributed by atoms with van der Waals surface area (Å²) in [5.74, 6) is 0. The van der Waals surface area contributed by atoms with E-state index in [1.807, 2.05) is 18.2 Å². The minimum absolute atomic E-state index is 0.898. The molecule has 0 radical (unpaired) electrons. The van der Waals surface area contributed by atoms with E-state index in [2.05, 4.69) is 169 Å². The molecule has 11 aromatic rings. The maximum Gasteiger partial charge on any atom is 0.135 e. The number of hydrogen-bond donors (Lipinski definition) is 0. The van der Waals surface area contributed by atoms with Crippen LogP contribution in [0.15, 0.2) is 181 Å². The Bertz CT molecular complexity index is 3230. The van der Waals surface area contributed by atoms with Crippen LogP contribution in [0.3, 0.4) is 0 Å². The molecule has 0 aliphatic carbocycles. The van der Waals surface area contributed by atoms with Crippen molar-refractivity contribution in [2.75, 3.05) is 0 Å². The van der Waals surface area contributed by atoms with Gasteiger partial charge in [0.05, 0.1) is 11.0 Å². The lowest BCUT2D eigenvalue weighted by Gasteiger charge is -2.13. The third-order valence-electron chi connectivity index (χ3n) is 10.9. The monoisotopic (exact) mass is 661 g/mol. The Kier molecular flexibility index (Phi) is 6.14. The molecule has 0 N–H and O–H groups in total. The molecule has 0 saturated heterocycles. The van der Waals surface area contributed by atoms with Gasteiger partial charge in [0, 0.05) is 27.2 Å². The normalized spacial score (nSPS) is 11.9. The summed E-state index contributed by atoms with van der Waals surface area (Å²) in [4.78, 5) is 0. The number of para-hydroxylation sites is 1. The van der Waals surface area contributed by atoms with Crippen LogP contribution in [0, 0.1) is 0 Å². The molecular formula is C50H31NO. The van der Waals surface area contributed by atoms with Crippen molar-refractivity contribution in [1.82, 2.24) is 4.57 Å². The summed E-state index contributed by atoms with van der Waals surface area (Å²) in [6, 6.07) is 61.7. The van der Waals surface area contributed by atoms with Gasteiger partial charge in [-0.1, -0.05) is 122 Å². The van der Waals surface area contributed by atoms with Gasteiger partial charge in [-0.3, -0.25) is 0 Å². The molecule has 11 rings (SSSR count). The molecular weight excluding hydrogens is 631 g/mol. The van der Waals surface area contributed by atoms with Crippen LogP contribution in [0.25, 0.3) is 110 Å². The van der Waals surface area contributed by atoms with Crippen LogP contribution in [-0.4, -0.2) is 4.57 Å². The van der Waals surface area contributed by atoms with E-state index in [9.17, 15) is 0 Å². The molecule has 0 fully saturated rings. The molecule has 242 valence electrons. The number of nitrogens with zero attached hydrogens (tertiary/aromatic N) is 1. The third-order valence-corrected chi connectivity index (χ3v) is 10.9. The van der Waals surface area contributed by atoms with E-state index in [-0.39, 0.29) is 0 Å². The van der Waals surface area contributed by atoms with E-state index in [4.69, 9.17) is 4.42 Å². The Morgan fingerprint density at radius 1 is 0.365 bits per heavy atom. The molecule has 2 heteroatoms. The van der Waals surface area contributed by atoms with Crippen molar-refractivity contribution in [3.05, 3.63) is 182 Å². The number of fused-ring (bicyclic) bond motifs is 12. The van der Waals surface area contributed by atoms with Crippen molar-refractivity contribution in [3.63, 3.8) is 0 Å². The molecule has 0 saturated carbocycles. The van der Waals surface area contributed by atoms with Gasteiger partial charge >= 0.3 is 0 Å². The Labute approximate surface area is 300 Å². The second-order valence-corrected chi connectivity index (χ2v) is 13.8. The summed E-state index contributed by atoms with van der Waals surface area (Å²) < 4.78 is 8.55. The lowest BCUT2D eigenvalue weighted by Crippen LogP contribution is -1.93. The second-order valence-electron chi connectivity index (χ2n) is 13.8. The third kappa shape index (κ3) is 4.25. The highest BCUT2D eigenvalue weighted by molar-refractivity contribution is 6.25. The van der Waals surface area contributed by atoms with Crippen molar-refractivity contribution in [1.29, 1.82) is 0 Å². The highest BCUT2D eigenvalue weighted by Gasteiger charge is 2.16. The van der Waals surface area contributed by atoms with E-state index in [1.54, 1.807) is 0 Å². The molecule has 0 amide bonds. The molecule has 2 nitrogen and oxygen atoms in total. The zero-order valence-corrected chi connectivity index (χ0v) is 28.3. The molecule has 9 aromatic carbocycles. The highest BCUT2D eigenvalue weighted by atomic mass is 16.3. The highest BCUT2D eigenvalue weighted by Crippen LogP contribution is 2.40. The van der Waals surface area contributed by atoms with E-state index < -0.39 is 0 Å². The molecule has 2 aromatic heterocycles.